The summed E-state index contributed by atoms with van der Waals surface area (Å²) in [5.41, 5.74) is 1.44. The van der Waals surface area contributed by atoms with E-state index in [4.69, 9.17) is 0 Å². The molecular formula is C16H13NO2. The minimum absolute atomic E-state index is 0.000445. The number of ketones is 1. The van der Waals surface area contributed by atoms with Gasteiger partial charge in [0.2, 0.25) is 5.91 Å². The predicted molar refractivity (Wildman–Crippen MR) is 73.1 cm³/mol. The smallest absolute Gasteiger partial charge is 0.230 e. The van der Waals surface area contributed by atoms with Crippen LogP contribution in [0, 0.1) is 0 Å². The van der Waals surface area contributed by atoms with Gasteiger partial charge in [-0.1, -0.05) is 48.5 Å². The summed E-state index contributed by atoms with van der Waals surface area (Å²) in [6, 6.07) is 18.1. The molecular weight excluding hydrogens is 238 g/mol. The van der Waals surface area contributed by atoms with Gasteiger partial charge in [0, 0.05) is 11.3 Å². The molecule has 1 atom stereocenters. The van der Waals surface area contributed by atoms with Gasteiger partial charge >= 0.3 is 0 Å². The molecule has 2 aromatic rings. The van der Waals surface area contributed by atoms with E-state index >= 15 is 0 Å². The molecule has 0 N–H and O–H groups in total. The average Bonchev–Trinajstić information content (AvgIpc) is 2.46. The van der Waals surface area contributed by atoms with Gasteiger partial charge in [0.1, 0.15) is 6.04 Å². The number of β-lactam (4-membered cyclic amide) rings is 1. The zero-order valence-corrected chi connectivity index (χ0v) is 10.3. The van der Waals surface area contributed by atoms with Gasteiger partial charge in [0.15, 0.2) is 5.78 Å². The van der Waals surface area contributed by atoms with Crippen LogP contribution in [-0.2, 0) is 4.79 Å². The molecule has 0 aromatic heterocycles. The predicted octanol–water partition coefficient (Wildman–Crippen LogP) is 2.67. The molecule has 1 aliphatic heterocycles. The maximum absolute atomic E-state index is 12.4. The molecule has 1 heterocycles. The lowest BCUT2D eigenvalue weighted by Crippen LogP contribution is -2.57. The monoisotopic (exact) mass is 251 g/mol. The first-order valence-electron chi connectivity index (χ1n) is 6.24. The Labute approximate surface area is 111 Å². The van der Waals surface area contributed by atoms with Crippen LogP contribution in [0.5, 0.6) is 0 Å². The van der Waals surface area contributed by atoms with E-state index < -0.39 is 0 Å². The first kappa shape index (κ1) is 11.7. The van der Waals surface area contributed by atoms with Crippen molar-refractivity contribution < 1.29 is 9.59 Å². The zero-order valence-electron chi connectivity index (χ0n) is 10.3. The van der Waals surface area contributed by atoms with Gasteiger partial charge < -0.3 is 4.90 Å². The second-order valence-corrected chi connectivity index (χ2v) is 4.55. The van der Waals surface area contributed by atoms with E-state index in [1.165, 1.54) is 0 Å². The van der Waals surface area contributed by atoms with Crippen molar-refractivity contribution in [3.8, 4) is 0 Å². The third kappa shape index (κ3) is 2.03. The third-order valence-corrected chi connectivity index (χ3v) is 3.34. The Kier molecular flexibility index (Phi) is 2.88. The van der Waals surface area contributed by atoms with Crippen LogP contribution in [0.1, 0.15) is 16.8 Å². The molecule has 19 heavy (non-hydrogen) atoms. The normalized spacial score (nSPS) is 18.0. The molecule has 1 saturated heterocycles. The van der Waals surface area contributed by atoms with Crippen molar-refractivity contribution in [2.24, 2.45) is 0 Å². The second kappa shape index (κ2) is 4.69. The van der Waals surface area contributed by atoms with Crippen LogP contribution >= 0.6 is 0 Å². The van der Waals surface area contributed by atoms with Crippen LogP contribution in [0.15, 0.2) is 60.7 Å². The van der Waals surface area contributed by atoms with E-state index in [1.54, 1.807) is 17.0 Å². The van der Waals surface area contributed by atoms with E-state index in [-0.39, 0.29) is 17.7 Å². The number of anilines is 1. The van der Waals surface area contributed by atoms with Crippen LogP contribution in [0.2, 0.25) is 0 Å². The van der Waals surface area contributed by atoms with E-state index in [0.717, 1.165) is 5.69 Å². The summed E-state index contributed by atoms with van der Waals surface area (Å²) in [7, 11) is 0. The van der Waals surface area contributed by atoms with Crippen molar-refractivity contribution >= 4 is 17.4 Å². The van der Waals surface area contributed by atoms with Gasteiger partial charge in [-0.3, -0.25) is 9.59 Å². The van der Waals surface area contributed by atoms with Crippen molar-refractivity contribution in [1.29, 1.82) is 0 Å². The van der Waals surface area contributed by atoms with Crippen molar-refractivity contribution in [1.82, 2.24) is 0 Å². The topological polar surface area (TPSA) is 37.4 Å². The molecule has 0 aliphatic carbocycles. The maximum Gasteiger partial charge on any atom is 0.230 e. The number of amides is 1. The molecule has 3 rings (SSSR count). The highest BCUT2D eigenvalue weighted by Crippen LogP contribution is 2.29. The number of rotatable bonds is 3. The molecule has 0 spiro atoms. The number of Topliss-reactive ketones (excluding diaryl/α,β-unsaturated/α-hetero) is 1. The van der Waals surface area contributed by atoms with Crippen LogP contribution in [0.3, 0.4) is 0 Å². The number of para-hydroxylation sites is 1. The largest absolute Gasteiger partial charge is 0.301 e. The molecule has 0 radical (unpaired) electrons. The van der Waals surface area contributed by atoms with Crippen LogP contribution in [0.4, 0.5) is 5.69 Å². The van der Waals surface area contributed by atoms with E-state index in [1.807, 2.05) is 48.5 Å². The Bertz CT molecular complexity index is 607. The Morgan fingerprint density at radius 3 is 2.11 bits per heavy atom. The zero-order chi connectivity index (χ0) is 13.2. The van der Waals surface area contributed by atoms with E-state index in [2.05, 4.69) is 0 Å². The summed E-state index contributed by atoms with van der Waals surface area (Å²) >= 11 is 0. The number of carbonyl (C=O) groups is 2. The Morgan fingerprint density at radius 1 is 0.947 bits per heavy atom. The third-order valence-electron chi connectivity index (χ3n) is 3.34. The van der Waals surface area contributed by atoms with Gasteiger partial charge in [-0.2, -0.15) is 0 Å². The second-order valence-electron chi connectivity index (χ2n) is 4.55. The summed E-state index contributed by atoms with van der Waals surface area (Å²) in [6.07, 6.45) is 0.294. The number of benzene rings is 2. The summed E-state index contributed by atoms with van der Waals surface area (Å²) in [5.74, 6) is 0.00420. The number of nitrogens with zero attached hydrogens (tertiary/aromatic N) is 1. The average molecular weight is 251 g/mol. The molecule has 1 amide bonds. The number of hydrogen-bond donors (Lipinski definition) is 0. The molecule has 1 aliphatic rings. The fourth-order valence-corrected chi connectivity index (χ4v) is 2.33. The SMILES string of the molecule is O=C(c1ccccc1)C1CC(=O)N1c1ccccc1. The van der Waals surface area contributed by atoms with Gasteiger partial charge in [-0.05, 0) is 12.1 Å². The number of carbonyl (C=O) groups excluding carboxylic acids is 2. The van der Waals surface area contributed by atoms with Crippen LogP contribution in [0.25, 0.3) is 0 Å². The highest BCUT2D eigenvalue weighted by atomic mass is 16.2. The molecule has 1 fully saturated rings. The fraction of sp³-hybridized carbons (Fsp3) is 0.125. The fourth-order valence-electron chi connectivity index (χ4n) is 2.33. The Morgan fingerprint density at radius 2 is 1.53 bits per heavy atom. The van der Waals surface area contributed by atoms with Gasteiger partial charge in [-0.15, -0.1) is 0 Å². The molecule has 94 valence electrons. The molecule has 1 unspecified atom stereocenters. The van der Waals surface area contributed by atoms with Gasteiger partial charge in [0.05, 0.1) is 6.42 Å². The summed E-state index contributed by atoms with van der Waals surface area (Å²) < 4.78 is 0. The molecule has 0 saturated carbocycles. The quantitative estimate of drug-likeness (QED) is 0.621. The lowest BCUT2D eigenvalue weighted by Gasteiger charge is -2.39. The standard InChI is InChI=1S/C16H13NO2/c18-15-11-14(16(19)12-7-3-1-4-8-12)17(15)13-9-5-2-6-10-13/h1-10,14H,11H2. The van der Waals surface area contributed by atoms with Crippen LogP contribution in [-0.4, -0.2) is 17.7 Å². The summed E-state index contributed by atoms with van der Waals surface area (Å²) in [6.45, 7) is 0. The lowest BCUT2D eigenvalue weighted by atomic mass is 9.92. The number of hydrogen-bond acceptors (Lipinski definition) is 2. The molecule has 3 heteroatoms. The highest BCUT2D eigenvalue weighted by molar-refractivity contribution is 6.15. The molecule has 2 aromatic carbocycles. The van der Waals surface area contributed by atoms with Crippen molar-refractivity contribution in [2.45, 2.75) is 12.5 Å². The highest BCUT2D eigenvalue weighted by Gasteiger charge is 2.42. The van der Waals surface area contributed by atoms with Gasteiger partial charge in [0.25, 0.3) is 0 Å². The van der Waals surface area contributed by atoms with E-state index in [9.17, 15) is 9.59 Å². The van der Waals surface area contributed by atoms with Crippen molar-refractivity contribution in [3.63, 3.8) is 0 Å². The minimum atomic E-state index is -0.364. The van der Waals surface area contributed by atoms with Gasteiger partial charge in [-0.25, -0.2) is 0 Å². The summed E-state index contributed by atoms with van der Waals surface area (Å²) in [4.78, 5) is 25.7. The van der Waals surface area contributed by atoms with E-state index in [0.29, 0.717) is 12.0 Å². The molecule has 3 nitrogen and oxygen atoms in total. The van der Waals surface area contributed by atoms with Crippen molar-refractivity contribution in [2.75, 3.05) is 4.90 Å². The van der Waals surface area contributed by atoms with Crippen LogP contribution < -0.4 is 4.90 Å². The minimum Gasteiger partial charge on any atom is -0.301 e. The summed E-state index contributed by atoms with van der Waals surface area (Å²) in [5, 5.41) is 0. The first-order valence-corrected chi connectivity index (χ1v) is 6.24. The Balaban J connectivity index is 1.87. The Hall–Kier alpha value is -2.42. The lowest BCUT2D eigenvalue weighted by molar-refractivity contribution is -0.123. The maximum atomic E-state index is 12.4. The first-order chi connectivity index (χ1) is 9.27. The van der Waals surface area contributed by atoms with Crippen molar-refractivity contribution in [3.05, 3.63) is 66.2 Å². The molecule has 0 bridgehead atoms.